The minimum absolute atomic E-state index is 0.603. The number of rotatable bonds is 0. The van der Waals surface area contributed by atoms with Crippen molar-refractivity contribution in [3.05, 3.63) is 0 Å². The van der Waals surface area contributed by atoms with Crippen molar-refractivity contribution in [2.45, 2.75) is 25.7 Å². The summed E-state index contributed by atoms with van der Waals surface area (Å²) in [6.45, 7) is 2.23. The van der Waals surface area contributed by atoms with Crippen LogP contribution in [0.5, 0.6) is 0 Å². The van der Waals surface area contributed by atoms with Crippen LogP contribution in [0, 0.1) is 11.8 Å². The lowest BCUT2D eigenvalue weighted by Gasteiger charge is -2.41. The maximum Gasteiger partial charge on any atom is 0.166 e. The summed E-state index contributed by atoms with van der Waals surface area (Å²) in [5.74, 6) is 1.75. The summed E-state index contributed by atoms with van der Waals surface area (Å²) in [5, 5.41) is 0.603. The molecule has 1 saturated heterocycles. The van der Waals surface area contributed by atoms with Crippen molar-refractivity contribution in [1.82, 2.24) is 4.90 Å². The van der Waals surface area contributed by atoms with E-state index < -0.39 is 0 Å². The molecule has 0 aromatic heterocycles. The number of hydrogen-bond acceptors (Lipinski definition) is 1. The molecule has 2 N–H and O–H groups in total. The van der Waals surface area contributed by atoms with Gasteiger partial charge in [0.15, 0.2) is 5.11 Å². The lowest BCUT2D eigenvalue weighted by atomic mass is 9.78. The van der Waals surface area contributed by atoms with E-state index in [9.17, 15) is 0 Å². The molecule has 2 nitrogen and oxygen atoms in total. The molecule has 1 saturated carbocycles. The van der Waals surface area contributed by atoms with E-state index in [4.69, 9.17) is 18.0 Å². The molecule has 2 fully saturated rings. The highest BCUT2D eigenvalue weighted by Gasteiger charge is 2.30. The van der Waals surface area contributed by atoms with Gasteiger partial charge in [-0.15, -0.1) is 0 Å². The van der Waals surface area contributed by atoms with Gasteiger partial charge in [0, 0.05) is 13.1 Å². The van der Waals surface area contributed by atoms with Crippen molar-refractivity contribution < 1.29 is 0 Å². The Morgan fingerprint density at radius 3 is 2.33 bits per heavy atom. The van der Waals surface area contributed by atoms with Gasteiger partial charge in [0.1, 0.15) is 0 Å². The quantitative estimate of drug-likeness (QED) is 0.576. The Bertz CT molecular complexity index is 181. The molecule has 0 aromatic carbocycles. The lowest BCUT2D eigenvalue weighted by molar-refractivity contribution is 0.137. The summed E-state index contributed by atoms with van der Waals surface area (Å²) >= 11 is 5.00. The summed E-state index contributed by atoms with van der Waals surface area (Å²) in [4.78, 5) is 2.19. The second-order valence-corrected chi connectivity index (χ2v) is 4.56. The Hall–Kier alpha value is -0.310. The average Bonchev–Trinajstić information content (AvgIpc) is 2.03. The molecule has 0 radical (unpaired) electrons. The van der Waals surface area contributed by atoms with E-state index in [1.54, 1.807) is 0 Å². The molecule has 1 heterocycles. The Kier molecular flexibility index (Phi) is 2.22. The van der Waals surface area contributed by atoms with Gasteiger partial charge in [-0.3, -0.25) is 0 Å². The fraction of sp³-hybridized carbons (Fsp3) is 0.889. The van der Waals surface area contributed by atoms with Gasteiger partial charge in [0.25, 0.3) is 0 Å². The first-order chi connectivity index (χ1) is 5.75. The highest BCUT2D eigenvalue weighted by molar-refractivity contribution is 7.80. The second kappa shape index (κ2) is 3.21. The third kappa shape index (κ3) is 1.56. The van der Waals surface area contributed by atoms with E-state index in [1.807, 2.05) is 0 Å². The fourth-order valence-corrected chi connectivity index (χ4v) is 2.76. The van der Waals surface area contributed by atoms with Gasteiger partial charge >= 0.3 is 0 Å². The Balaban J connectivity index is 2.00. The van der Waals surface area contributed by atoms with E-state index in [2.05, 4.69) is 4.90 Å². The maximum absolute atomic E-state index is 5.63. The molecule has 1 aliphatic carbocycles. The third-order valence-corrected chi connectivity index (χ3v) is 3.42. The number of nitrogens with two attached hydrogens (primary N) is 1. The predicted molar refractivity (Wildman–Crippen MR) is 53.8 cm³/mol. The van der Waals surface area contributed by atoms with Crippen LogP contribution in [-0.4, -0.2) is 23.1 Å². The molecule has 0 unspecified atom stereocenters. The topological polar surface area (TPSA) is 29.3 Å². The Morgan fingerprint density at radius 1 is 1.25 bits per heavy atom. The SMILES string of the molecule is NC(=S)N1C[C@H]2CCC[C@@H](C2)C1. The van der Waals surface area contributed by atoms with E-state index in [-0.39, 0.29) is 0 Å². The molecule has 0 amide bonds. The zero-order valence-corrected chi connectivity index (χ0v) is 8.15. The third-order valence-electron chi connectivity index (χ3n) is 3.16. The Morgan fingerprint density at radius 2 is 1.83 bits per heavy atom. The molecule has 68 valence electrons. The standard InChI is InChI=1S/C9H16N2S/c10-9(12)11-5-7-2-1-3-8(4-7)6-11/h7-8H,1-6H2,(H2,10,12)/t7-,8-/m0/s1. The number of piperidine rings is 1. The number of thiocarbonyl (C=S) groups is 1. The molecule has 2 atom stereocenters. The average molecular weight is 184 g/mol. The van der Waals surface area contributed by atoms with Crippen LogP contribution in [0.15, 0.2) is 0 Å². The molecular formula is C9H16N2S. The van der Waals surface area contributed by atoms with Crippen molar-refractivity contribution in [2.24, 2.45) is 17.6 Å². The first-order valence-corrected chi connectivity index (χ1v) is 5.21. The number of hydrogen-bond donors (Lipinski definition) is 1. The van der Waals surface area contributed by atoms with Crippen LogP contribution in [-0.2, 0) is 0 Å². The molecule has 2 aliphatic rings. The van der Waals surface area contributed by atoms with Crippen LogP contribution in [0.2, 0.25) is 0 Å². The minimum atomic E-state index is 0.603. The summed E-state index contributed by atoms with van der Waals surface area (Å²) in [7, 11) is 0. The maximum atomic E-state index is 5.63. The Labute approximate surface area is 79.1 Å². The predicted octanol–water partition coefficient (Wildman–Crippen LogP) is 1.35. The van der Waals surface area contributed by atoms with Gasteiger partial charge in [-0.2, -0.15) is 0 Å². The summed E-state index contributed by atoms with van der Waals surface area (Å²) < 4.78 is 0. The zero-order chi connectivity index (χ0) is 8.55. The van der Waals surface area contributed by atoms with Crippen molar-refractivity contribution in [3.8, 4) is 0 Å². The van der Waals surface area contributed by atoms with Crippen molar-refractivity contribution in [3.63, 3.8) is 0 Å². The molecule has 2 rings (SSSR count). The van der Waals surface area contributed by atoms with E-state index in [1.165, 1.54) is 25.7 Å². The van der Waals surface area contributed by atoms with Crippen LogP contribution < -0.4 is 5.73 Å². The van der Waals surface area contributed by atoms with Gasteiger partial charge in [-0.05, 0) is 43.3 Å². The van der Waals surface area contributed by atoms with E-state index in [0.29, 0.717) is 5.11 Å². The monoisotopic (exact) mass is 184 g/mol. The molecule has 0 spiro atoms. The minimum Gasteiger partial charge on any atom is -0.376 e. The lowest BCUT2D eigenvalue weighted by Crippen LogP contribution is -2.47. The van der Waals surface area contributed by atoms with Crippen LogP contribution in [0.4, 0.5) is 0 Å². The molecular weight excluding hydrogens is 168 g/mol. The fourth-order valence-electron chi connectivity index (χ4n) is 2.61. The molecule has 0 aromatic rings. The molecule has 2 bridgehead atoms. The van der Waals surface area contributed by atoms with Crippen molar-refractivity contribution in [1.29, 1.82) is 0 Å². The van der Waals surface area contributed by atoms with Gasteiger partial charge in [-0.25, -0.2) is 0 Å². The van der Waals surface area contributed by atoms with Crippen LogP contribution in [0.1, 0.15) is 25.7 Å². The number of nitrogens with zero attached hydrogens (tertiary/aromatic N) is 1. The largest absolute Gasteiger partial charge is 0.376 e. The summed E-state index contributed by atoms with van der Waals surface area (Å²) in [5.41, 5.74) is 5.63. The number of likely N-dealkylation sites (tertiary alicyclic amines) is 1. The highest BCUT2D eigenvalue weighted by atomic mass is 32.1. The van der Waals surface area contributed by atoms with E-state index >= 15 is 0 Å². The molecule has 12 heavy (non-hydrogen) atoms. The van der Waals surface area contributed by atoms with E-state index in [0.717, 1.165) is 24.9 Å². The van der Waals surface area contributed by atoms with Crippen molar-refractivity contribution >= 4 is 17.3 Å². The van der Waals surface area contributed by atoms with Crippen LogP contribution >= 0.6 is 12.2 Å². The summed E-state index contributed by atoms with van der Waals surface area (Å²) in [6.07, 6.45) is 5.60. The van der Waals surface area contributed by atoms with Gasteiger partial charge in [-0.1, -0.05) is 6.42 Å². The highest BCUT2D eigenvalue weighted by Crippen LogP contribution is 2.33. The first-order valence-electron chi connectivity index (χ1n) is 4.80. The van der Waals surface area contributed by atoms with Gasteiger partial charge in [0.05, 0.1) is 0 Å². The molecule has 3 heteroatoms. The van der Waals surface area contributed by atoms with Crippen LogP contribution in [0.25, 0.3) is 0 Å². The summed E-state index contributed by atoms with van der Waals surface area (Å²) in [6, 6.07) is 0. The first kappa shape index (κ1) is 8.30. The normalized spacial score (nSPS) is 34.8. The van der Waals surface area contributed by atoms with Crippen molar-refractivity contribution in [2.75, 3.05) is 13.1 Å². The zero-order valence-electron chi connectivity index (χ0n) is 7.33. The number of fused-ring (bicyclic) bond motifs is 2. The van der Waals surface area contributed by atoms with Crippen LogP contribution in [0.3, 0.4) is 0 Å². The van der Waals surface area contributed by atoms with Gasteiger partial charge < -0.3 is 10.6 Å². The molecule has 1 aliphatic heterocycles. The van der Waals surface area contributed by atoms with Gasteiger partial charge in [0.2, 0.25) is 0 Å². The second-order valence-electron chi connectivity index (χ2n) is 4.14. The smallest absolute Gasteiger partial charge is 0.166 e.